The van der Waals surface area contributed by atoms with Crippen molar-refractivity contribution in [3.63, 3.8) is 0 Å². The molecule has 4 rings (SSSR count). The Bertz CT molecular complexity index is 1370. The summed E-state index contributed by atoms with van der Waals surface area (Å²) in [5, 5.41) is 18.4. The van der Waals surface area contributed by atoms with Gasteiger partial charge in [0.1, 0.15) is 17.4 Å². The minimum Gasteiger partial charge on any atom is -0.493 e. The Morgan fingerprint density at radius 1 is 0.969 bits per heavy atom. The van der Waals surface area contributed by atoms with Crippen LogP contribution in [0.15, 0.2) is 54.6 Å². The van der Waals surface area contributed by atoms with Crippen molar-refractivity contribution in [1.82, 2.24) is 4.98 Å². The summed E-state index contributed by atoms with van der Waals surface area (Å²) in [5.74, 6) is -1.36. The van der Waals surface area contributed by atoms with Gasteiger partial charge in [-0.1, -0.05) is 12.1 Å². The summed E-state index contributed by atoms with van der Waals surface area (Å²) in [6.45, 7) is 2.16. The number of nitrogens with zero attached hydrogens (tertiary/aromatic N) is 2. The number of nitriles is 2. The fourth-order valence-corrected chi connectivity index (χ4v) is 3.72. The van der Waals surface area contributed by atoms with Gasteiger partial charge in [-0.05, 0) is 60.4 Å². The van der Waals surface area contributed by atoms with Crippen molar-refractivity contribution < 1.29 is 13.5 Å². The summed E-state index contributed by atoms with van der Waals surface area (Å²) < 4.78 is 34.9. The third kappa shape index (κ3) is 4.17. The van der Waals surface area contributed by atoms with E-state index in [4.69, 9.17) is 15.3 Å². The van der Waals surface area contributed by atoms with Gasteiger partial charge in [-0.2, -0.15) is 10.5 Å². The van der Waals surface area contributed by atoms with E-state index in [1.165, 1.54) is 0 Å². The average molecular weight is 427 g/mol. The Morgan fingerprint density at radius 2 is 1.75 bits per heavy atom. The second-order valence-corrected chi connectivity index (χ2v) is 7.50. The normalized spacial score (nSPS) is 10.7. The van der Waals surface area contributed by atoms with Crippen LogP contribution in [-0.4, -0.2) is 11.6 Å². The van der Waals surface area contributed by atoms with Gasteiger partial charge in [-0.3, -0.25) is 0 Å². The molecule has 3 aromatic carbocycles. The lowest BCUT2D eigenvalue weighted by Gasteiger charge is -2.08. The molecule has 0 fully saturated rings. The summed E-state index contributed by atoms with van der Waals surface area (Å²) in [5.41, 5.74) is 4.45. The molecular formula is C26H19F2N3O. The summed E-state index contributed by atoms with van der Waals surface area (Å²) in [6, 6.07) is 19.4. The molecule has 0 saturated heterocycles. The zero-order valence-corrected chi connectivity index (χ0v) is 17.4. The number of hydrogen-bond donors (Lipinski definition) is 1. The van der Waals surface area contributed by atoms with Gasteiger partial charge in [0.2, 0.25) is 0 Å². The first kappa shape index (κ1) is 21.1. The van der Waals surface area contributed by atoms with Crippen LogP contribution in [0.3, 0.4) is 0 Å². The highest BCUT2D eigenvalue weighted by Gasteiger charge is 2.17. The maximum absolute atomic E-state index is 14.8. The molecular weight excluding hydrogens is 408 g/mol. The number of nitrogens with one attached hydrogen (secondary N) is 1. The molecule has 1 aromatic heterocycles. The quantitative estimate of drug-likeness (QED) is 0.351. The van der Waals surface area contributed by atoms with Crippen molar-refractivity contribution in [3.8, 4) is 40.3 Å². The second kappa shape index (κ2) is 8.91. The Kier molecular flexibility index (Phi) is 5.87. The number of fused-ring (bicyclic) bond motifs is 1. The Hall–Kier alpha value is -4.16. The SMILES string of the molecule is Cc1cc(C#N)ccc1-c1ccc2[nH]c(-c3c(F)cc(OCCCC#N)cc3F)cc2c1. The van der Waals surface area contributed by atoms with E-state index < -0.39 is 11.6 Å². The third-order valence-electron chi connectivity index (χ3n) is 5.27. The molecule has 158 valence electrons. The largest absolute Gasteiger partial charge is 0.493 e. The second-order valence-electron chi connectivity index (χ2n) is 7.50. The molecule has 0 aliphatic rings. The van der Waals surface area contributed by atoms with Gasteiger partial charge in [0, 0.05) is 29.5 Å². The number of halogens is 2. The molecule has 1 heterocycles. The van der Waals surface area contributed by atoms with E-state index in [9.17, 15) is 8.78 Å². The number of rotatable bonds is 6. The summed E-state index contributed by atoms with van der Waals surface area (Å²) in [4.78, 5) is 3.08. The van der Waals surface area contributed by atoms with E-state index in [1.807, 2.05) is 43.3 Å². The van der Waals surface area contributed by atoms with Crippen molar-refractivity contribution >= 4 is 10.9 Å². The highest BCUT2D eigenvalue weighted by molar-refractivity contribution is 5.90. The highest BCUT2D eigenvalue weighted by Crippen LogP contribution is 2.34. The molecule has 0 saturated carbocycles. The van der Waals surface area contributed by atoms with Crippen LogP contribution in [0, 0.1) is 41.2 Å². The molecule has 0 radical (unpaired) electrons. The molecule has 0 bridgehead atoms. The van der Waals surface area contributed by atoms with Gasteiger partial charge in [0.15, 0.2) is 0 Å². The van der Waals surface area contributed by atoms with Gasteiger partial charge >= 0.3 is 0 Å². The lowest BCUT2D eigenvalue weighted by Crippen LogP contribution is -1.99. The molecule has 4 aromatic rings. The van der Waals surface area contributed by atoms with E-state index >= 15 is 0 Å². The number of benzene rings is 3. The van der Waals surface area contributed by atoms with E-state index in [1.54, 1.807) is 12.1 Å². The van der Waals surface area contributed by atoms with Gasteiger partial charge in [-0.15, -0.1) is 0 Å². The molecule has 6 heteroatoms. The predicted molar refractivity (Wildman–Crippen MR) is 119 cm³/mol. The van der Waals surface area contributed by atoms with Gasteiger partial charge in [0.25, 0.3) is 0 Å². The van der Waals surface area contributed by atoms with Crippen molar-refractivity contribution in [2.24, 2.45) is 0 Å². The van der Waals surface area contributed by atoms with Crippen LogP contribution in [0.1, 0.15) is 24.0 Å². The number of hydrogen-bond acceptors (Lipinski definition) is 3. The Labute approximate surface area is 184 Å². The number of aromatic amines is 1. The fraction of sp³-hybridized carbons (Fsp3) is 0.154. The van der Waals surface area contributed by atoms with Crippen LogP contribution in [0.4, 0.5) is 8.78 Å². The predicted octanol–water partition coefficient (Wildman–Crippen LogP) is 6.64. The number of aryl methyl sites for hydroxylation is 1. The van der Waals surface area contributed by atoms with Crippen molar-refractivity contribution in [1.29, 1.82) is 10.5 Å². The minimum atomic E-state index is -0.727. The first-order chi connectivity index (χ1) is 15.5. The van der Waals surface area contributed by atoms with Crippen molar-refractivity contribution in [2.75, 3.05) is 6.61 Å². The van der Waals surface area contributed by atoms with E-state index in [-0.39, 0.29) is 17.9 Å². The average Bonchev–Trinajstić information content (AvgIpc) is 3.18. The van der Waals surface area contributed by atoms with Crippen molar-refractivity contribution in [2.45, 2.75) is 19.8 Å². The Balaban J connectivity index is 1.66. The standard InChI is InChI=1S/C26H19F2N3O/c1-16-10-17(15-30)4-6-21(16)18-5-7-24-19(11-18)12-25(31-24)26-22(27)13-20(14-23(26)28)32-9-3-2-8-29/h4-7,10-14,31H,2-3,9H2,1H3. The van der Waals surface area contributed by atoms with Crippen LogP contribution >= 0.6 is 0 Å². The number of H-pyrrole nitrogens is 1. The maximum atomic E-state index is 14.8. The monoisotopic (exact) mass is 427 g/mol. The molecule has 0 unspecified atom stereocenters. The summed E-state index contributed by atoms with van der Waals surface area (Å²) in [6.07, 6.45) is 0.812. The lowest BCUT2D eigenvalue weighted by atomic mass is 9.98. The summed E-state index contributed by atoms with van der Waals surface area (Å²) >= 11 is 0. The highest BCUT2D eigenvalue weighted by atomic mass is 19.1. The van der Waals surface area contributed by atoms with Crippen LogP contribution in [-0.2, 0) is 0 Å². The molecule has 0 atom stereocenters. The summed E-state index contributed by atoms with van der Waals surface area (Å²) in [7, 11) is 0. The van der Waals surface area contributed by atoms with E-state index in [0.29, 0.717) is 24.1 Å². The molecule has 1 N–H and O–H groups in total. The minimum absolute atomic E-state index is 0.0939. The van der Waals surface area contributed by atoms with Crippen LogP contribution < -0.4 is 4.74 Å². The smallest absolute Gasteiger partial charge is 0.139 e. The van der Waals surface area contributed by atoms with E-state index in [0.717, 1.165) is 39.7 Å². The molecule has 0 amide bonds. The Morgan fingerprint density at radius 3 is 2.44 bits per heavy atom. The van der Waals surface area contributed by atoms with Crippen LogP contribution in [0.25, 0.3) is 33.3 Å². The topological polar surface area (TPSA) is 72.6 Å². The third-order valence-corrected chi connectivity index (χ3v) is 5.27. The number of ether oxygens (including phenoxy) is 1. The molecule has 4 nitrogen and oxygen atoms in total. The zero-order chi connectivity index (χ0) is 22.7. The first-order valence-electron chi connectivity index (χ1n) is 10.1. The van der Waals surface area contributed by atoms with E-state index in [2.05, 4.69) is 11.1 Å². The zero-order valence-electron chi connectivity index (χ0n) is 17.4. The first-order valence-corrected chi connectivity index (χ1v) is 10.1. The molecule has 0 aliphatic carbocycles. The molecule has 0 spiro atoms. The van der Waals surface area contributed by atoms with Crippen LogP contribution in [0.2, 0.25) is 0 Å². The van der Waals surface area contributed by atoms with Gasteiger partial charge in [0.05, 0.1) is 35.6 Å². The van der Waals surface area contributed by atoms with Crippen molar-refractivity contribution in [3.05, 3.63) is 77.4 Å². The molecule has 0 aliphatic heterocycles. The number of unbranched alkanes of at least 4 members (excludes halogenated alkanes) is 1. The van der Waals surface area contributed by atoms with Crippen LogP contribution in [0.5, 0.6) is 5.75 Å². The lowest BCUT2D eigenvalue weighted by molar-refractivity contribution is 0.309. The van der Waals surface area contributed by atoms with Gasteiger partial charge in [-0.25, -0.2) is 8.78 Å². The molecule has 32 heavy (non-hydrogen) atoms. The fourth-order valence-electron chi connectivity index (χ4n) is 3.72. The number of aromatic nitrogens is 1. The van der Waals surface area contributed by atoms with Gasteiger partial charge < -0.3 is 9.72 Å². The maximum Gasteiger partial charge on any atom is 0.139 e.